The van der Waals surface area contributed by atoms with Crippen LogP contribution in [0.5, 0.6) is 0 Å². The predicted octanol–water partition coefficient (Wildman–Crippen LogP) is 5.04. The first kappa shape index (κ1) is 16.4. The first-order valence-electron chi connectivity index (χ1n) is 7.45. The van der Waals surface area contributed by atoms with E-state index in [1.54, 1.807) is 24.4 Å². The van der Waals surface area contributed by atoms with E-state index in [1.807, 2.05) is 31.2 Å². The SMILES string of the molecule is Cc1cc(Br)ccc1Nc1nccc(NCc2ccccc2F)n1. The molecule has 1 heterocycles. The molecule has 6 heteroatoms. The minimum absolute atomic E-state index is 0.233. The maximum atomic E-state index is 13.6. The molecule has 3 aromatic rings. The second-order valence-corrected chi connectivity index (χ2v) is 6.21. The quantitative estimate of drug-likeness (QED) is 0.644. The van der Waals surface area contributed by atoms with E-state index in [9.17, 15) is 4.39 Å². The van der Waals surface area contributed by atoms with E-state index in [2.05, 4.69) is 36.5 Å². The summed E-state index contributed by atoms with van der Waals surface area (Å²) in [6, 6.07) is 14.4. The molecule has 0 bridgehead atoms. The van der Waals surface area contributed by atoms with Crippen molar-refractivity contribution in [3.63, 3.8) is 0 Å². The van der Waals surface area contributed by atoms with Gasteiger partial charge in [-0.1, -0.05) is 34.1 Å². The molecule has 0 radical (unpaired) electrons. The van der Waals surface area contributed by atoms with Crippen LogP contribution in [0.4, 0.5) is 21.8 Å². The lowest BCUT2D eigenvalue weighted by atomic mass is 10.2. The molecule has 3 rings (SSSR count). The third-order valence-electron chi connectivity index (χ3n) is 3.51. The Kier molecular flexibility index (Phi) is 5.05. The van der Waals surface area contributed by atoms with Crippen LogP contribution in [0.2, 0.25) is 0 Å². The lowest BCUT2D eigenvalue weighted by Crippen LogP contribution is -2.05. The van der Waals surface area contributed by atoms with Crippen molar-refractivity contribution < 1.29 is 4.39 Å². The summed E-state index contributed by atoms with van der Waals surface area (Å²) in [7, 11) is 0. The number of rotatable bonds is 5. The van der Waals surface area contributed by atoms with E-state index in [0.717, 1.165) is 15.7 Å². The fourth-order valence-electron chi connectivity index (χ4n) is 2.23. The van der Waals surface area contributed by atoms with Gasteiger partial charge in [-0.25, -0.2) is 9.37 Å². The zero-order valence-corrected chi connectivity index (χ0v) is 14.6. The molecule has 1 aromatic heterocycles. The number of nitrogens with zero attached hydrogens (tertiary/aromatic N) is 2. The minimum atomic E-state index is -0.233. The molecule has 0 amide bonds. The highest BCUT2D eigenvalue weighted by Crippen LogP contribution is 2.22. The van der Waals surface area contributed by atoms with Crippen molar-refractivity contribution in [2.24, 2.45) is 0 Å². The van der Waals surface area contributed by atoms with Gasteiger partial charge in [0.2, 0.25) is 5.95 Å². The maximum Gasteiger partial charge on any atom is 0.229 e. The molecule has 0 unspecified atom stereocenters. The normalized spacial score (nSPS) is 10.5. The van der Waals surface area contributed by atoms with Gasteiger partial charge in [0.25, 0.3) is 0 Å². The van der Waals surface area contributed by atoms with Crippen LogP contribution in [0.3, 0.4) is 0 Å². The molecule has 2 aromatic carbocycles. The number of hydrogen-bond acceptors (Lipinski definition) is 4. The number of halogens is 2. The molecule has 0 saturated heterocycles. The van der Waals surface area contributed by atoms with Gasteiger partial charge in [0.15, 0.2) is 0 Å². The van der Waals surface area contributed by atoms with E-state index < -0.39 is 0 Å². The Balaban J connectivity index is 1.71. The molecular formula is C18H16BrFN4. The Hall–Kier alpha value is -2.47. The molecule has 0 atom stereocenters. The molecule has 24 heavy (non-hydrogen) atoms. The third kappa shape index (κ3) is 4.08. The lowest BCUT2D eigenvalue weighted by molar-refractivity contribution is 0.613. The van der Waals surface area contributed by atoms with Crippen molar-refractivity contribution in [3.8, 4) is 0 Å². The van der Waals surface area contributed by atoms with E-state index in [4.69, 9.17) is 0 Å². The lowest BCUT2D eigenvalue weighted by Gasteiger charge is -2.10. The van der Waals surface area contributed by atoms with E-state index in [-0.39, 0.29) is 5.82 Å². The standard InChI is InChI=1S/C18H16BrFN4/c1-12-10-14(19)6-7-16(12)23-18-21-9-8-17(24-18)22-11-13-4-2-3-5-15(13)20/h2-10H,11H2,1H3,(H2,21,22,23,24). The Morgan fingerprint density at radius 2 is 1.96 bits per heavy atom. The molecule has 122 valence electrons. The van der Waals surface area contributed by atoms with Gasteiger partial charge in [-0.3, -0.25) is 0 Å². The van der Waals surface area contributed by atoms with Gasteiger partial charge in [-0.2, -0.15) is 4.98 Å². The Morgan fingerprint density at radius 1 is 1.12 bits per heavy atom. The number of nitrogens with one attached hydrogen (secondary N) is 2. The zero-order valence-electron chi connectivity index (χ0n) is 13.1. The van der Waals surface area contributed by atoms with Gasteiger partial charge < -0.3 is 10.6 Å². The van der Waals surface area contributed by atoms with Crippen molar-refractivity contribution in [3.05, 3.63) is 76.1 Å². The van der Waals surface area contributed by atoms with Crippen LogP contribution < -0.4 is 10.6 Å². The van der Waals surface area contributed by atoms with Crippen molar-refractivity contribution in [1.82, 2.24) is 9.97 Å². The number of aromatic nitrogens is 2. The molecule has 0 aliphatic rings. The van der Waals surface area contributed by atoms with Gasteiger partial charge in [0, 0.05) is 28.5 Å². The van der Waals surface area contributed by atoms with Gasteiger partial charge >= 0.3 is 0 Å². The van der Waals surface area contributed by atoms with E-state index >= 15 is 0 Å². The van der Waals surface area contributed by atoms with Gasteiger partial charge in [0.1, 0.15) is 11.6 Å². The van der Waals surface area contributed by atoms with Crippen LogP contribution in [0.1, 0.15) is 11.1 Å². The summed E-state index contributed by atoms with van der Waals surface area (Å²) in [5.41, 5.74) is 2.61. The molecule has 4 nitrogen and oxygen atoms in total. The summed E-state index contributed by atoms with van der Waals surface area (Å²) in [4.78, 5) is 8.63. The van der Waals surface area contributed by atoms with Gasteiger partial charge in [-0.15, -0.1) is 0 Å². The molecule has 0 aliphatic heterocycles. The van der Waals surface area contributed by atoms with Crippen LogP contribution in [0.25, 0.3) is 0 Å². The second kappa shape index (κ2) is 7.40. The summed E-state index contributed by atoms with van der Waals surface area (Å²) in [5, 5.41) is 6.31. The first-order chi connectivity index (χ1) is 11.6. The van der Waals surface area contributed by atoms with Crippen LogP contribution in [0.15, 0.2) is 59.2 Å². The third-order valence-corrected chi connectivity index (χ3v) is 4.00. The summed E-state index contributed by atoms with van der Waals surface area (Å²) in [6.45, 7) is 2.37. The number of hydrogen-bond donors (Lipinski definition) is 2. The van der Waals surface area contributed by atoms with Crippen molar-refractivity contribution >= 4 is 33.4 Å². The monoisotopic (exact) mass is 386 g/mol. The highest BCUT2D eigenvalue weighted by molar-refractivity contribution is 9.10. The highest BCUT2D eigenvalue weighted by Gasteiger charge is 2.05. The molecule has 0 spiro atoms. The van der Waals surface area contributed by atoms with Crippen molar-refractivity contribution in [2.75, 3.05) is 10.6 Å². The van der Waals surface area contributed by atoms with Gasteiger partial charge in [0.05, 0.1) is 0 Å². The second-order valence-electron chi connectivity index (χ2n) is 5.29. The molecule has 0 saturated carbocycles. The molecule has 0 fully saturated rings. The Bertz CT molecular complexity index is 854. The number of anilines is 3. The van der Waals surface area contributed by atoms with Crippen LogP contribution >= 0.6 is 15.9 Å². The highest BCUT2D eigenvalue weighted by atomic mass is 79.9. The fourth-order valence-corrected chi connectivity index (χ4v) is 2.71. The average Bonchev–Trinajstić information content (AvgIpc) is 2.57. The predicted molar refractivity (Wildman–Crippen MR) is 97.9 cm³/mol. The van der Waals surface area contributed by atoms with Crippen LogP contribution in [-0.2, 0) is 6.54 Å². The van der Waals surface area contributed by atoms with Crippen LogP contribution in [0, 0.1) is 12.7 Å². The number of aryl methyl sites for hydroxylation is 1. The fraction of sp³-hybridized carbons (Fsp3) is 0.111. The smallest absolute Gasteiger partial charge is 0.229 e. The zero-order chi connectivity index (χ0) is 16.9. The van der Waals surface area contributed by atoms with Crippen molar-refractivity contribution in [1.29, 1.82) is 0 Å². The van der Waals surface area contributed by atoms with Gasteiger partial charge in [-0.05, 0) is 42.8 Å². The average molecular weight is 387 g/mol. The van der Waals surface area contributed by atoms with Crippen molar-refractivity contribution in [2.45, 2.75) is 13.5 Å². The molecule has 2 N–H and O–H groups in total. The summed E-state index contributed by atoms with van der Waals surface area (Å²) >= 11 is 3.44. The topological polar surface area (TPSA) is 49.8 Å². The molecule has 0 aliphatic carbocycles. The summed E-state index contributed by atoms with van der Waals surface area (Å²) < 4.78 is 14.7. The molecular weight excluding hydrogens is 371 g/mol. The number of benzene rings is 2. The first-order valence-corrected chi connectivity index (χ1v) is 8.24. The summed E-state index contributed by atoms with van der Waals surface area (Å²) in [5.74, 6) is 0.882. The maximum absolute atomic E-state index is 13.6. The Morgan fingerprint density at radius 3 is 2.75 bits per heavy atom. The minimum Gasteiger partial charge on any atom is -0.366 e. The van der Waals surface area contributed by atoms with E-state index in [1.165, 1.54) is 6.07 Å². The summed E-state index contributed by atoms with van der Waals surface area (Å²) in [6.07, 6.45) is 1.66. The largest absolute Gasteiger partial charge is 0.366 e. The van der Waals surface area contributed by atoms with E-state index in [0.29, 0.717) is 23.9 Å². The Labute approximate surface area is 148 Å². The van der Waals surface area contributed by atoms with Crippen LogP contribution in [-0.4, -0.2) is 9.97 Å².